The number of likely N-dealkylation sites (tertiary alicyclic amines) is 1. The van der Waals surface area contributed by atoms with Gasteiger partial charge in [-0.25, -0.2) is 0 Å². The number of hydrogen-bond donors (Lipinski definition) is 2. The third kappa shape index (κ3) is 5.91. The van der Waals surface area contributed by atoms with Crippen molar-refractivity contribution >= 4 is 5.96 Å². The van der Waals surface area contributed by atoms with Crippen LogP contribution in [0.15, 0.2) is 4.99 Å². The maximum Gasteiger partial charge on any atom is 0.188 e. The van der Waals surface area contributed by atoms with Gasteiger partial charge in [0.05, 0.1) is 0 Å². The number of guanidine groups is 1. The van der Waals surface area contributed by atoms with Crippen molar-refractivity contribution in [3.05, 3.63) is 0 Å². The first-order chi connectivity index (χ1) is 8.11. The Morgan fingerprint density at radius 1 is 1.41 bits per heavy atom. The second-order valence-electron chi connectivity index (χ2n) is 5.23. The van der Waals surface area contributed by atoms with Crippen LogP contribution >= 0.6 is 0 Å². The molecule has 0 atom stereocenters. The van der Waals surface area contributed by atoms with Crippen molar-refractivity contribution < 1.29 is 0 Å². The molecule has 1 saturated heterocycles. The Morgan fingerprint density at radius 2 is 2.06 bits per heavy atom. The predicted molar refractivity (Wildman–Crippen MR) is 74.2 cm³/mol. The van der Waals surface area contributed by atoms with E-state index in [1.54, 1.807) is 0 Å². The second-order valence-corrected chi connectivity index (χ2v) is 5.23. The third-order valence-electron chi connectivity index (χ3n) is 3.41. The summed E-state index contributed by atoms with van der Waals surface area (Å²) in [5.41, 5.74) is 5.76. The highest BCUT2D eigenvalue weighted by atomic mass is 15.1. The van der Waals surface area contributed by atoms with Crippen molar-refractivity contribution in [3.8, 4) is 0 Å². The summed E-state index contributed by atoms with van der Waals surface area (Å²) >= 11 is 0. The molecule has 0 spiro atoms. The van der Waals surface area contributed by atoms with E-state index < -0.39 is 0 Å². The zero-order valence-corrected chi connectivity index (χ0v) is 11.6. The van der Waals surface area contributed by atoms with E-state index in [2.05, 4.69) is 36.0 Å². The minimum absolute atomic E-state index is 0.367. The number of rotatable bonds is 5. The van der Waals surface area contributed by atoms with Crippen molar-refractivity contribution in [3.63, 3.8) is 0 Å². The molecule has 0 bridgehead atoms. The van der Waals surface area contributed by atoms with Gasteiger partial charge >= 0.3 is 0 Å². The first-order valence-electron chi connectivity index (χ1n) is 6.90. The molecule has 1 rings (SSSR count). The molecule has 3 N–H and O–H groups in total. The fourth-order valence-corrected chi connectivity index (χ4v) is 2.30. The van der Waals surface area contributed by atoms with Crippen LogP contribution in [0.25, 0.3) is 0 Å². The summed E-state index contributed by atoms with van der Waals surface area (Å²) in [4.78, 5) is 6.89. The van der Waals surface area contributed by atoms with Crippen LogP contribution in [0.4, 0.5) is 0 Å². The van der Waals surface area contributed by atoms with Crippen LogP contribution in [-0.2, 0) is 0 Å². The van der Waals surface area contributed by atoms with Crippen molar-refractivity contribution in [2.24, 2.45) is 16.6 Å². The molecule has 17 heavy (non-hydrogen) atoms. The minimum atomic E-state index is 0.367. The normalized spacial score (nSPS) is 19.9. The molecule has 0 amide bonds. The molecule has 1 aliphatic heterocycles. The average Bonchev–Trinajstić information content (AvgIpc) is 2.29. The highest BCUT2D eigenvalue weighted by Crippen LogP contribution is 2.19. The van der Waals surface area contributed by atoms with E-state index in [9.17, 15) is 0 Å². The van der Waals surface area contributed by atoms with Gasteiger partial charge in [-0.2, -0.15) is 0 Å². The number of aliphatic imine (C=N–C) groups is 1. The molecule has 1 heterocycles. The van der Waals surface area contributed by atoms with Crippen LogP contribution in [0.1, 0.15) is 40.0 Å². The lowest BCUT2D eigenvalue weighted by molar-refractivity contribution is 0.188. The van der Waals surface area contributed by atoms with Crippen LogP contribution in [-0.4, -0.2) is 43.1 Å². The van der Waals surface area contributed by atoms with Crippen LogP contribution in [0.3, 0.4) is 0 Å². The molecule has 0 unspecified atom stereocenters. The number of piperidine rings is 1. The predicted octanol–water partition coefficient (Wildman–Crippen LogP) is 1.42. The van der Waals surface area contributed by atoms with E-state index in [4.69, 9.17) is 5.73 Å². The molecular weight excluding hydrogens is 212 g/mol. The van der Waals surface area contributed by atoms with E-state index in [0.29, 0.717) is 12.0 Å². The Balaban J connectivity index is 2.15. The molecule has 100 valence electrons. The highest BCUT2D eigenvalue weighted by molar-refractivity contribution is 5.77. The lowest BCUT2D eigenvalue weighted by atomic mass is 9.94. The largest absolute Gasteiger partial charge is 0.370 e. The first-order valence-corrected chi connectivity index (χ1v) is 6.90. The summed E-state index contributed by atoms with van der Waals surface area (Å²) in [5.74, 6) is 1.43. The average molecular weight is 240 g/mol. The van der Waals surface area contributed by atoms with Crippen molar-refractivity contribution in [1.29, 1.82) is 0 Å². The summed E-state index contributed by atoms with van der Waals surface area (Å²) in [6.07, 6.45) is 3.82. The van der Waals surface area contributed by atoms with Gasteiger partial charge in [-0.15, -0.1) is 0 Å². The van der Waals surface area contributed by atoms with Gasteiger partial charge in [-0.3, -0.25) is 4.99 Å². The Bertz CT molecular complexity index is 230. The van der Waals surface area contributed by atoms with Crippen LogP contribution in [0.2, 0.25) is 0 Å². The van der Waals surface area contributed by atoms with Crippen LogP contribution < -0.4 is 11.1 Å². The Morgan fingerprint density at radius 3 is 2.59 bits per heavy atom. The molecule has 1 aliphatic rings. The Labute approximate surface area is 106 Å². The van der Waals surface area contributed by atoms with Gasteiger partial charge in [0.2, 0.25) is 0 Å². The van der Waals surface area contributed by atoms with Gasteiger partial charge < -0.3 is 16.0 Å². The molecule has 4 nitrogen and oxygen atoms in total. The van der Waals surface area contributed by atoms with Gasteiger partial charge in [0, 0.05) is 12.6 Å². The molecule has 0 aliphatic carbocycles. The topological polar surface area (TPSA) is 53.6 Å². The maximum absolute atomic E-state index is 5.76. The fraction of sp³-hybridized carbons (Fsp3) is 0.923. The minimum Gasteiger partial charge on any atom is -0.370 e. The molecular formula is C13H28N4. The number of nitrogens with one attached hydrogen (secondary N) is 1. The zero-order valence-electron chi connectivity index (χ0n) is 11.6. The molecule has 0 aromatic carbocycles. The number of nitrogens with two attached hydrogens (primary N) is 1. The first kappa shape index (κ1) is 14.3. The Hall–Kier alpha value is -0.770. The van der Waals surface area contributed by atoms with Gasteiger partial charge in [0.15, 0.2) is 5.96 Å². The van der Waals surface area contributed by atoms with Crippen LogP contribution in [0, 0.1) is 5.92 Å². The van der Waals surface area contributed by atoms with Crippen molar-refractivity contribution in [2.75, 3.05) is 26.2 Å². The van der Waals surface area contributed by atoms with E-state index in [1.807, 2.05) is 0 Å². The van der Waals surface area contributed by atoms with E-state index >= 15 is 0 Å². The van der Waals surface area contributed by atoms with Crippen molar-refractivity contribution in [2.45, 2.75) is 46.1 Å². The van der Waals surface area contributed by atoms with Crippen molar-refractivity contribution in [1.82, 2.24) is 10.2 Å². The summed E-state index contributed by atoms with van der Waals surface area (Å²) < 4.78 is 0. The lowest BCUT2D eigenvalue weighted by Crippen LogP contribution is -2.37. The van der Waals surface area contributed by atoms with E-state index in [1.165, 1.54) is 38.9 Å². The summed E-state index contributed by atoms with van der Waals surface area (Å²) in [6.45, 7) is 10.9. The SMILES string of the molecule is CCN1CCC(CCN=C(N)NC(C)C)CC1. The molecule has 1 fully saturated rings. The Kier molecular flexibility index (Phi) is 6.34. The maximum atomic E-state index is 5.76. The highest BCUT2D eigenvalue weighted by Gasteiger charge is 2.17. The van der Waals surface area contributed by atoms with E-state index in [0.717, 1.165) is 12.5 Å². The monoisotopic (exact) mass is 240 g/mol. The lowest BCUT2D eigenvalue weighted by Gasteiger charge is -2.30. The molecule has 0 aromatic heterocycles. The van der Waals surface area contributed by atoms with Gasteiger partial charge in [0.25, 0.3) is 0 Å². The second kappa shape index (κ2) is 7.54. The fourth-order valence-electron chi connectivity index (χ4n) is 2.30. The number of nitrogens with zero attached hydrogens (tertiary/aromatic N) is 2. The van der Waals surface area contributed by atoms with E-state index in [-0.39, 0.29) is 0 Å². The molecule has 0 aromatic rings. The summed E-state index contributed by atoms with van der Waals surface area (Å²) in [5, 5.41) is 3.12. The molecule has 0 saturated carbocycles. The standard InChI is InChI=1S/C13H28N4/c1-4-17-9-6-12(7-10-17)5-8-15-13(14)16-11(2)3/h11-12H,4-10H2,1-3H3,(H3,14,15,16). The van der Waals surface area contributed by atoms with Gasteiger partial charge in [-0.1, -0.05) is 6.92 Å². The molecule has 0 radical (unpaired) electrons. The number of hydrogen-bond acceptors (Lipinski definition) is 2. The summed E-state index contributed by atoms with van der Waals surface area (Å²) in [7, 11) is 0. The van der Waals surface area contributed by atoms with Gasteiger partial charge in [-0.05, 0) is 58.7 Å². The third-order valence-corrected chi connectivity index (χ3v) is 3.41. The summed E-state index contributed by atoms with van der Waals surface area (Å²) in [6, 6.07) is 0.367. The molecule has 4 heteroatoms. The van der Waals surface area contributed by atoms with Gasteiger partial charge in [0.1, 0.15) is 0 Å². The zero-order chi connectivity index (χ0) is 12.7. The van der Waals surface area contributed by atoms with Crippen LogP contribution in [0.5, 0.6) is 0 Å². The quantitative estimate of drug-likeness (QED) is 0.564. The smallest absolute Gasteiger partial charge is 0.188 e.